The Morgan fingerprint density at radius 1 is 1.37 bits per heavy atom. The molecule has 2 unspecified atom stereocenters. The predicted octanol–water partition coefficient (Wildman–Crippen LogP) is 3.18. The predicted molar refractivity (Wildman–Crippen MR) is 78.1 cm³/mol. The van der Waals surface area contributed by atoms with Crippen LogP contribution in [0.2, 0.25) is 5.02 Å². The second-order valence-corrected chi connectivity index (χ2v) is 5.42. The molecule has 0 saturated carbocycles. The summed E-state index contributed by atoms with van der Waals surface area (Å²) in [7, 11) is 0. The lowest BCUT2D eigenvalue weighted by molar-refractivity contribution is 0.0188. The third kappa shape index (κ3) is 4.37. The normalized spacial score (nSPS) is 22.7. The lowest BCUT2D eigenvalue weighted by Gasteiger charge is -2.15. The van der Waals surface area contributed by atoms with Gasteiger partial charge in [0.05, 0.1) is 17.2 Å². The van der Waals surface area contributed by atoms with Crippen molar-refractivity contribution in [2.75, 3.05) is 19.7 Å². The fourth-order valence-electron chi connectivity index (χ4n) is 2.26. The van der Waals surface area contributed by atoms with E-state index in [-0.39, 0.29) is 6.10 Å². The minimum Gasteiger partial charge on any atom is -0.489 e. The Hall–Kier alpha value is -0.770. The first-order valence-electron chi connectivity index (χ1n) is 6.94. The van der Waals surface area contributed by atoms with Crippen molar-refractivity contribution in [2.45, 2.75) is 38.9 Å². The van der Waals surface area contributed by atoms with E-state index in [1.807, 2.05) is 25.1 Å². The van der Waals surface area contributed by atoms with Gasteiger partial charge in [-0.15, -0.1) is 0 Å². The second kappa shape index (κ2) is 7.13. The van der Waals surface area contributed by atoms with Gasteiger partial charge in [-0.2, -0.15) is 0 Å². The van der Waals surface area contributed by atoms with E-state index < -0.39 is 0 Å². The summed E-state index contributed by atoms with van der Waals surface area (Å²) in [5.41, 5.74) is 1.14. The second-order valence-electron chi connectivity index (χ2n) is 5.01. The summed E-state index contributed by atoms with van der Waals surface area (Å²) in [6.07, 6.45) is 2.66. The molecule has 0 aromatic heterocycles. The Kier molecular flexibility index (Phi) is 5.49. The van der Waals surface area contributed by atoms with Gasteiger partial charge in [0.2, 0.25) is 0 Å². The van der Waals surface area contributed by atoms with Crippen LogP contribution in [0.15, 0.2) is 18.2 Å². The summed E-state index contributed by atoms with van der Waals surface area (Å²) < 4.78 is 11.7. The SMILES string of the molecule is CCNCC1CCC(COc2ccc(C)cc2Cl)O1. The molecule has 1 heterocycles. The molecular formula is C15H22ClNO2. The average Bonchev–Trinajstić information content (AvgIpc) is 2.83. The number of rotatable bonds is 6. The summed E-state index contributed by atoms with van der Waals surface area (Å²) in [6.45, 7) is 6.61. The van der Waals surface area contributed by atoms with Crippen molar-refractivity contribution in [3.05, 3.63) is 28.8 Å². The molecule has 1 N–H and O–H groups in total. The van der Waals surface area contributed by atoms with Gasteiger partial charge in [-0.3, -0.25) is 0 Å². The number of ether oxygens (including phenoxy) is 2. The lowest BCUT2D eigenvalue weighted by atomic mass is 10.2. The molecule has 0 radical (unpaired) electrons. The van der Waals surface area contributed by atoms with Gasteiger partial charge in [0.15, 0.2) is 0 Å². The van der Waals surface area contributed by atoms with E-state index >= 15 is 0 Å². The minimum absolute atomic E-state index is 0.182. The Morgan fingerprint density at radius 2 is 2.16 bits per heavy atom. The molecule has 2 rings (SSSR count). The molecule has 1 aromatic rings. The zero-order chi connectivity index (χ0) is 13.7. The number of hydrogen-bond donors (Lipinski definition) is 1. The third-order valence-corrected chi connectivity index (χ3v) is 3.63. The average molecular weight is 284 g/mol. The molecule has 0 amide bonds. The molecule has 1 fully saturated rings. The highest BCUT2D eigenvalue weighted by molar-refractivity contribution is 6.32. The maximum atomic E-state index is 6.14. The highest BCUT2D eigenvalue weighted by Crippen LogP contribution is 2.27. The Balaban J connectivity index is 1.77. The fraction of sp³-hybridized carbons (Fsp3) is 0.600. The molecule has 1 aliphatic rings. The summed E-state index contributed by atoms with van der Waals surface area (Å²) in [4.78, 5) is 0. The quantitative estimate of drug-likeness (QED) is 0.870. The Morgan fingerprint density at radius 3 is 2.89 bits per heavy atom. The van der Waals surface area contributed by atoms with Crippen molar-refractivity contribution >= 4 is 11.6 Å². The van der Waals surface area contributed by atoms with Crippen LogP contribution < -0.4 is 10.1 Å². The maximum Gasteiger partial charge on any atom is 0.138 e. The number of aryl methyl sites for hydroxylation is 1. The topological polar surface area (TPSA) is 30.5 Å². The van der Waals surface area contributed by atoms with E-state index in [1.54, 1.807) is 0 Å². The minimum atomic E-state index is 0.182. The van der Waals surface area contributed by atoms with Gasteiger partial charge in [-0.1, -0.05) is 24.6 Å². The van der Waals surface area contributed by atoms with Crippen molar-refractivity contribution in [1.29, 1.82) is 0 Å². The maximum absolute atomic E-state index is 6.14. The van der Waals surface area contributed by atoms with Gasteiger partial charge in [-0.25, -0.2) is 0 Å². The van der Waals surface area contributed by atoms with Crippen LogP contribution in [0.5, 0.6) is 5.75 Å². The highest BCUT2D eigenvalue weighted by atomic mass is 35.5. The molecular weight excluding hydrogens is 262 g/mol. The van der Waals surface area contributed by atoms with E-state index in [0.717, 1.165) is 37.2 Å². The molecule has 2 atom stereocenters. The van der Waals surface area contributed by atoms with E-state index in [4.69, 9.17) is 21.1 Å². The summed E-state index contributed by atoms with van der Waals surface area (Å²) >= 11 is 6.14. The molecule has 4 heteroatoms. The van der Waals surface area contributed by atoms with Crippen LogP contribution in [0.3, 0.4) is 0 Å². The zero-order valence-corrected chi connectivity index (χ0v) is 12.4. The van der Waals surface area contributed by atoms with E-state index in [1.165, 1.54) is 0 Å². The van der Waals surface area contributed by atoms with Gasteiger partial charge in [0, 0.05) is 6.54 Å². The molecule has 19 heavy (non-hydrogen) atoms. The first-order chi connectivity index (χ1) is 9.19. The van der Waals surface area contributed by atoms with E-state index in [2.05, 4.69) is 12.2 Å². The molecule has 0 aliphatic carbocycles. The van der Waals surface area contributed by atoms with Crippen molar-refractivity contribution in [2.24, 2.45) is 0 Å². The Labute approximate surface area is 120 Å². The van der Waals surface area contributed by atoms with Crippen molar-refractivity contribution < 1.29 is 9.47 Å². The standard InChI is InChI=1S/C15H22ClNO2/c1-3-17-9-12-5-6-13(19-12)10-18-15-7-4-11(2)8-14(15)16/h4,7-8,12-13,17H,3,5-6,9-10H2,1-2H3. The fourth-order valence-corrected chi connectivity index (χ4v) is 2.55. The summed E-state index contributed by atoms with van der Waals surface area (Å²) in [6, 6.07) is 5.84. The first-order valence-corrected chi connectivity index (χ1v) is 7.32. The van der Waals surface area contributed by atoms with Gasteiger partial charge in [0.25, 0.3) is 0 Å². The third-order valence-electron chi connectivity index (χ3n) is 3.33. The van der Waals surface area contributed by atoms with Crippen LogP contribution in [0, 0.1) is 6.92 Å². The van der Waals surface area contributed by atoms with Gasteiger partial charge >= 0.3 is 0 Å². The molecule has 1 saturated heterocycles. The van der Waals surface area contributed by atoms with Crippen molar-refractivity contribution in [1.82, 2.24) is 5.32 Å². The van der Waals surface area contributed by atoms with E-state index in [0.29, 0.717) is 17.7 Å². The smallest absolute Gasteiger partial charge is 0.138 e. The summed E-state index contributed by atoms with van der Waals surface area (Å²) in [5, 5.41) is 3.98. The number of benzene rings is 1. The number of likely N-dealkylation sites (N-methyl/N-ethyl adjacent to an activating group) is 1. The molecule has 0 bridgehead atoms. The first kappa shape index (κ1) is 14.6. The molecule has 0 spiro atoms. The molecule has 1 aliphatic heterocycles. The van der Waals surface area contributed by atoms with Crippen molar-refractivity contribution in [3.8, 4) is 5.75 Å². The number of nitrogens with one attached hydrogen (secondary N) is 1. The van der Waals surface area contributed by atoms with E-state index in [9.17, 15) is 0 Å². The largest absolute Gasteiger partial charge is 0.489 e. The molecule has 3 nitrogen and oxygen atoms in total. The molecule has 1 aromatic carbocycles. The van der Waals surface area contributed by atoms with Crippen LogP contribution in [-0.2, 0) is 4.74 Å². The Bertz CT molecular complexity index is 411. The van der Waals surface area contributed by atoms with Gasteiger partial charge < -0.3 is 14.8 Å². The number of hydrogen-bond acceptors (Lipinski definition) is 3. The zero-order valence-electron chi connectivity index (χ0n) is 11.6. The lowest BCUT2D eigenvalue weighted by Crippen LogP contribution is -2.28. The van der Waals surface area contributed by atoms with Crippen LogP contribution in [0.25, 0.3) is 0 Å². The monoisotopic (exact) mass is 283 g/mol. The number of halogens is 1. The summed E-state index contributed by atoms with van der Waals surface area (Å²) in [5.74, 6) is 0.742. The molecule has 106 valence electrons. The van der Waals surface area contributed by atoms with Crippen molar-refractivity contribution in [3.63, 3.8) is 0 Å². The van der Waals surface area contributed by atoms with Crippen LogP contribution in [-0.4, -0.2) is 31.9 Å². The van der Waals surface area contributed by atoms with Gasteiger partial charge in [0.1, 0.15) is 12.4 Å². The van der Waals surface area contributed by atoms with Crippen LogP contribution >= 0.6 is 11.6 Å². The van der Waals surface area contributed by atoms with Crippen LogP contribution in [0.1, 0.15) is 25.3 Å². The van der Waals surface area contributed by atoms with Gasteiger partial charge in [-0.05, 0) is 44.0 Å². The van der Waals surface area contributed by atoms with Crippen LogP contribution in [0.4, 0.5) is 0 Å². The highest BCUT2D eigenvalue weighted by Gasteiger charge is 2.25.